The fourth-order valence-corrected chi connectivity index (χ4v) is 3.50. The van der Waals surface area contributed by atoms with E-state index in [0.717, 1.165) is 21.8 Å². The number of amidine groups is 1. The van der Waals surface area contributed by atoms with Crippen LogP contribution in [-0.4, -0.2) is 17.4 Å². The number of rotatable bonds is 3. The molecular formula is C18H13F2N3S. The normalized spacial score (nSPS) is 15.8. The average molecular weight is 341 g/mol. The molecule has 0 bridgehead atoms. The number of hydrogen-bond donors (Lipinski definition) is 1. The van der Waals surface area contributed by atoms with Gasteiger partial charge in [0.15, 0.2) is 0 Å². The summed E-state index contributed by atoms with van der Waals surface area (Å²) in [4.78, 5) is 9.63. The monoisotopic (exact) mass is 341 g/mol. The van der Waals surface area contributed by atoms with Crippen LogP contribution in [0.5, 0.6) is 0 Å². The molecule has 1 aliphatic heterocycles. The Balaban J connectivity index is 1.79. The van der Waals surface area contributed by atoms with Gasteiger partial charge in [0.2, 0.25) is 0 Å². The maximum Gasteiger partial charge on any atom is 0.141 e. The van der Waals surface area contributed by atoms with Crippen molar-refractivity contribution in [2.24, 2.45) is 4.99 Å². The fourth-order valence-electron chi connectivity index (χ4n) is 2.91. The lowest BCUT2D eigenvalue weighted by Crippen LogP contribution is -2.44. The van der Waals surface area contributed by atoms with Crippen LogP contribution >= 0.6 is 11.3 Å². The number of aromatic nitrogens is 1. The minimum Gasteiger partial charge on any atom is -0.354 e. The zero-order valence-corrected chi connectivity index (χ0v) is 13.4. The van der Waals surface area contributed by atoms with Crippen LogP contribution in [0.15, 0.2) is 65.2 Å². The Labute approximate surface area is 141 Å². The molecule has 0 saturated carbocycles. The summed E-state index contributed by atoms with van der Waals surface area (Å²) < 4.78 is 26.7. The van der Waals surface area contributed by atoms with Crippen LogP contribution < -0.4 is 5.32 Å². The molecule has 2 heterocycles. The smallest absolute Gasteiger partial charge is 0.141 e. The van der Waals surface area contributed by atoms with Crippen LogP contribution in [0.25, 0.3) is 0 Å². The summed E-state index contributed by atoms with van der Waals surface area (Å²) in [5.41, 5.74) is 2.84. The van der Waals surface area contributed by atoms with Gasteiger partial charge in [-0.15, -0.1) is 11.3 Å². The minimum atomic E-state index is -0.652. The SMILES string of the molecule is Fc1ccc(C2(c3ccc(F)cc3)CN=C(c3cncs3)N2)cc1. The Morgan fingerprint density at radius 3 is 2.00 bits per heavy atom. The Hall–Kier alpha value is -2.60. The summed E-state index contributed by atoms with van der Waals surface area (Å²) >= 11 is 1.49. The van der Waals surface area contributed by atoms with Crippen molar-refractivity contribution in [3.63, 3.8) is 0 Å². The van der Waals surface area contributed by atoms with E-state index < -0.39 is 5.54 Å². The van der Waals surface area contributed by atoms with E-state index in [1.165, 1.54) is 35.6 Å². The number of thiazole rings is 1. The van der Waals surface area contributed by atoms with Crippen molar-refractivity contribution < 1.29 is 8.78 Å². The molecule has 24 heavy (non-hydrogen) atoms. The predicted octanol–water partition coefficient (Wildman–Crippen LogP) is 3.71. The molecule has 0 aliphatic carbocycles. The quantitative estimate of drug-likeness (QED) is 0.788. The van der Waals surface area contributed by atoms with Gasteiger partial charge in [-0.25, -0.2) is 8.78 Å². The topological polar surface area (TPSA) is 37.3 Å². The van der Waals surface area contributed by atoms with Crippen molar-refractivity contribution in [3.05, 3.63) is 87.9 Å². The van der Waals surface area contributed by atoms with Crippen LogP contribution in [0.2, 0.25) is 0 Å². The van der Waals surface area contributed by atoms with Gasteiger partial charge in [-0.1, -0.05) is 24.3 Å². The van der Waals surface area contributed by atoms with Crippen molar-refractivity contribution in [2.75, 3.05) is 6.54 Å². The summed E-state index contributed by atoms with van der Waals surface area (Å²) in [7, 11) is 0. The third-order valence-electron chi connectivity index (χ3n) is 4.15. The first kappa shape index (κ1) is 15.0. The van der Waals surface area contributed by atoms with Crippen molar-refractivity contribution in [1.82, 2.24) is 10.3 Å². The number of hydrogen-bond acceptors (Lipinski definition) is 4. The second-order valence-corrected chi connectivity index (χ2v) is 6.46. The van der Waals surface area contributed by atoms with E-state index in [-0.39, 0.29) is 11.6 Å². The zero-order valence-electron chi connectivity index (χ0n) is 12.5. The molecule has 0 radical (unpaired) electrons. The molecule has 4 rings (SSSR count). The number of nitrogens with zero attached hydrogens (tertiary/aromatic N) is 2. The Morgan fingerprint density at radius 2 is 1.50 bits per heavy atom. The second-order valence-electron chi connectivity index (χ2n) is 5.57. The number of halogens is 2. The average Bonchev–Trinajstić information content (AvgIpc) is 3.26. The highest BCUT2D eigenvalue weighted by Crippen LogP contribution is 2.34. The first-order chi connectivity index (χ1) is 11.7. The highest BCUT2D eigenvalue weighted by atomic mass is 32.1. The molecule has 0 unspecified atom stereocenters. The van der Waals surface area contributed by atoms with Crippen molar-refractivity contribution >= 4 is 17.2 Å². The zero-order chi connectivity index (χ0) is 16.6. The molecule has 120 valence electrons. The number of nitrogens with one attached hydrogen (secondary N) is 1. The molecule has 1 aromatic heterocycles. The predicted molar refractivity (Wildman–Crippen MR) is 90.2 cm³/mol. The highest BCUT2D eigenvalue weighted by molar-refractivity contribution is 7.11. The van der Waals surface area contributed by atoms with E-state index in [9.17, 15) is 8.78 Å². The van der Waals surface area contributed by atoms with E-state index in [2.05, 4.69) is 15.3 Å². The fraction of sp³-hybridized carbons (Fsp3) is 0.111. The van der Waals surface area contributed by atoms with E-state index in [1.54, 1.807) is 36.0 Å². The molecule has 1 aliphatic rings. The first-order valence-electron chi connectivity index (χ1n) is 7.41. The van der Waals surface area contributed by atoms with Gasteiger partial charge in [0.25, 0.3) is 0 Å². The molecule has 0 saturated heterocycles. The van der Waals surface area contributed by atoms with Gasteiger partial charge in [-0.05, 0) is 35.4 Å². The van der Waals surface area contributed by atoms with Crippen LogP contribution in [-0.2, 0) is 5.54 Å². The standard InChI is InChI=1S/C18H13F2N3S/c19-14-5-1-12(2-6-14)18(13-3-7-15(20)8-4-13)10-22-17(23-18)16-9-21-11-24-16/h1-9,11H,10H2,(H,22,23). The van der Waals surface area contributed by atoms with E-state index >= 15 is 0 Å². The third kappa shape index (κ3) is 2.49. The summed E-state index contributed by atoms with van der Waals surface area (Å²) in [5.74, 6) is 0.148. The summed E-state index contributed by atoms with van der Waals surface area (Å²) in [6.45, 7) is 0.442. The molecule has 0 amide bonds. The van der Waals surface area contributed by atoms with Gasteiger partial charge in [-0.3, -0.25) is 9.98 Å². The second kappa shape index (κ2) is 5.79. The maximum atomic E-state index is 13.3. The Kier molecular flexibility index (Phi) is 3.61. The van der Waals surface area contributed by atoms with Gasteiger partial charge >= 0.3 is 0 Å². The maximum absolute atomic E-state index is 13.3. The summed E-state index contributed by atoms with van der Waals surface area (Å²) in [6.07, 6.45) is 1.75. The summed E-state index contributed by atoms with van der Waals surface area (Å²) in [5, 5.41) is 3.45. The molecule has 3 aromatic rings. The molecule has 0 fully saturated rings. The van der Waals surface area contributed by atoms with Gasteiger partial charge in [-0.2, -0.15) is 0 Å². The van der Waals surface area contributed by atoms with Gasteiger partial charge in [0.05, 0.1) is 16.9 Å². The molecular weight excluding hydrogens is 328 g/mol. The van der Waals surface area contributed by atoms with Gasteiger partial charge in [0, 0.05) is 6.20 Å². The number of aliphatic imine (C=N–C) groups is 1. The highest BCUT2D eigenvalue weighted by Gasteiger charge is 2.39. The van der Waals surface area contributed by atoms with E-state index in [0.29, 0.717) is 6.54 Å². The third-order valence-corrected chi connectivity index (χ3v) is 4.93. The Bertz CT molecular complexity index is 826. The lowest BCUT2D eigenvalue weighted by molar-refractivity contribution is 0.520. The lowest BCUT2D eigenvalue weighted by atomic mass is 9.83. The molecule has 3 nitrogen and oxygen atoms in total. The molecule has 1 N–H and O–H groups in total. The summed E-state index contributed by atoms with van der Waals surface area (Å²) in [6, 6.07) is 12.6. The van der Waals surface area contributed by atoms with Gasteiger partial charge < -0.3 is 5.32 Å². The van der Waals surface area contributed by atoms with Gasteiger partial charge in [0.1, 0.15) is 23.0 Å². The van der Waals surface area contributed by atoms with Crippen LogP contribution in [0.1, 0.15) is 16.0 Å². The van der Waals surface area contributed by atoms with Crippen molar-refractivity contribution in [1.29, 1.82) is 0 Å². The Morgan fingerprint density at radius 1 is 0.917 bits per heavy atom. The largest absolute Gasteiger partial charge is 0.354 e. The number of benzene rings is 2. The first-order valence-corrected chi connectivity index (χ1v) is 8.29. The van der Waals surface area contributed by atoms with E-state index in [4.69, 9.17) is 0 Å². The molecule has 0 spiro atoms. The van der Waals surface area contributed by atoms with Crippen LogP contribution in [0, 0.1) is 11.6 Å². The van der Waals surface area contributed by atoms with Crippen molar-refractivity contribution in [3.8, 4) is 0 Å². The molecule has 0 atom stereocenters. The minimum absolute atomic E-state index is 0.297. The van der Waals surface area contributed by atoms with Crippen LogP contribution in [0.4, 0.5) is 8.78 Å². The lowest BCUT2D eigenvalue weighted by Gasteiger charge is -2.31. The van der Waals surface area contributed by atoms with Crippen molar-refractivity contribution in [2.45, 2.75) is 5.54 Å². The molecule has 6 heteroatoms. The van der Waals surface area contributed by atoms with E-state index in [1.807, 2.05) is 0 Å². The van der Waals surface area contributed by atoms with Crippen LogP contribution in [0.3, 0.4) is 0 Å². The molecule has 2 aromatic carbocycles.